The van der Waals surface area contributed by atoms with Gasteiger partial charge in [0.15, 0.2) is 0 Å². The molecule has 0 aliphatic heterocycles. The van der Waals surface area contributed by atoms with Crippen molar-refractivity contribution in [3.63, 3.8) is 0 Å². The molecule has 0 aliphatic rings. The molecule has 1 aromatic carbocycles. The summed E-state index contributed by atoms with van der Waals surface area (Å²) in [6.45, 7) is 9.62. The lowest BCUT2D eigenvalue weighted by Crippen LogP contribution is -2.29. The topological polar surface area (TPSA) is 24.5 Å². The summed E-state index contributed by atoms with van der Waals surface area (Å²) < 4.78 is 5.62. The van der Waals surface area contributed by atoms with Crippen LogP contribution < -0.4 is 10.1 Å². The minimum absolute atomic E-state index is 1.03. The standard InChI is InChI=1S/C16H28N2O/c1-12-11-13(2)15(16(19-6)14(12)3)7-9-18(5)10-8-17-4/h11,17H,7-10H2,1-6H3. The summed E-state index contributed by atoms with van der Waals surface area (Å²) in [6.07, 6.45) is 1.04. The third-order valence-corrected chi connectivity index (χ3v) is 3.81. The molecule has 1 rings (SSSR count). The molecule has 0 fully saturated rings. The summed E-state index contributed by atoms with van der Waals surface area (Å²) in [4.78, 5) is 2.35. The van der Waals surface area contributed by atoms with E-state index in [1.807, 2.05) is 7.05 Å². The Balaban J connectivity index is 2.80. The molecule has 0 atom stereocenters. The highest BCUT2D eigenvalue weighted by Gasteiger charge is 2.12. The Kier molecular flexibility index (Phi) is 6.32. The van der Waals surface area contributed by atoms with Crippen molar-refractivity contribution in [2.75, 3.05) is 40.8 Å². The minimum atomic E-state index is 1.03. The first kappa shape index (κ1) is 16.0. The molecule has 3 nitrogen and oxygen atoms in total. The predicted octanol–water partition coefficient (Wildman–Crippen LogP) is 2.31. The van der Waals surface area contributed by atoms with Crippen molar-refractivity contribution in [1.29, 1.82) is 0 Å². The molecule has 0 spiro atoms. The van der Waals surface area contributed by atoms with Crippen molar-refractivity contribution in [2.45, 2.75) is 27.2 Å². The van der Waals surface area contributed by atoms with Crippen molar-refractivity contribution in [3.05, 3.63) is 28.3 Å². The Labute approximate surface area is 118 Å². The van der Waals surface area contributed by atoms with Crippen LogP contribution in [0, 0.1) is 20.8 Å². The van der Waals surface area contributed by atoms with Gasteiger partial charge >= 0.3 is 0 Å². The molecule has 0 amide bonds. The Morgan fingerprint density at radius 3 is 2.42 bits per heavy atom. The molecule has 0 heterocycles. The van der Waals surface area contributed by atoms with Gasteiger partial charge in [0.05, 0.1) is 7.11 Å². The van der Waals surface area contributed by atoms with E-state index in [0.717, 1.165) is 31.8 Å². The second kappa shape index (κ2) is 7.51. The van der Waals surface area contributed by atoms with Crippen molar-refractivity contribution in [1.82, 2.24) is 10.2 Å². The zero-order chi connectivity index (χ0) is 14.4. The second-order valence-electron chi connectivity index (χ2n) is 5.30. The fraction of sp³-hybridized carbons (Fsp3) is 0.625. The SMILES string of the molecule is CNCCN(C)CCc1c(C)cc(C)c(C)c1OC. The van der Waals surface area contributed by atoms with Crippen LogP contribution in [-0.2, 0) is 6.42 Å². The third kappa shape index (κ3) is 4.22. The number of rotatable bonds is 7. The van der Waals surface area contributed by atoms with E-state index in [2.05, 4.69) is 44.1 Å². The largest absolute Gasteiger partial charge is 0.496 e. The molecular formula is C16H28N2O. The third-order valence-electron chi connectivity index (χ3n) is 3.81. The van der Waals surface area contributed by atoms with Gasteiger partial charge in [-0.2, -0.15) is 0 Å². The summed E-state index contributed by atoms with van der Waals surface area (Å²) in [5.74, 6) is 1.07. The molecule has 0 saturated carbocycles. The van der Waals surface area contributed by atoms with E-state index in [9.17, 15) is 0 Å². The maximum atomic E-state index is 5.62. The Bertz CT molecular complexity index is 416. The highest BCUT2D eigenvalue weighted by molar-refractivity contribution is 5.49. The van der Waals surface area contributed by atoms with Crippen LogP contribution in [0.25, 0.3) is 0 Å². The number of nitrogens with one attached hydrogen (secondary N) is 1. The van der Waals surface area contributed by atoms with Crippen molar-refractivity contribution >= 4 is 0 Å². The van der Waals surface area contributed by atoms with Crippen LogP contribution in [-0.4, -0.2) is 45.7 Å². The molecule has 3 heteroatoms. The lowest BCUT2D eigenvalue weighted by atomic mass is 9.97. The first-order valence-corrected chi connectivity index (χ1v) is 6.98. The number of hydrogen-bond donors (Lipinski definition) is 1. The Morgan fingerprint density at radius 1 is 1.16 bits per heavy atom. The summed E-state index contributed by atoms with van der Waals surface area (Å²) in [5.41, 5.74) is 5.26. The quantitative estimate of drug-likeness (QED) is 0.818. The maximum absolute atomic E-state index is 5.62. The minimum Gasteiger partial charge on any atom is -0.496 e. The summed E-state index contributed by atoms with van der Waals surface area (Å²) in [6, 6.07) is 2.26. The molecule has 0 aromatic heterocycles. The van der Waals surface area contributed by atoms with Crippen LogP contribution in [0.3, 0.4) is 0 Å². The number of nitrogens with zero attached hydrogens (tertiary/aromatic N) is 1. The van der Waals surface area contributed by atoms with Crippen LogP contribution in [0.15, 0.2) is 6.07 Å². The average molecular weight is 264 g/mol. The summed E-state index contributed by atoms with van der Waals surface area (Å²) >= 11 is 0. The van der Waals surface area contributed by atoms with Gasteiger partial charge in [-0.1, -0.05) is 6.07 Å². The lowest BCUT2D eigenvalue weighted by molar-refractivity contribution is 0.335. The summed E-state index contributed by atoms with van der Waals surface area (Å²) in [7, 11) is 5.93. The number of benzene rings is 1. The fourth-order valence-corrected chi connectivity index (χ4v) is 2.41. The first-order chi connectivity index (χ1) is 9.01. The van der Waals surface area contributed by atoms with Gasteiger partial charge in [-0.05, 0) is 63.5 Å². The van der Waals surface area contributed by atoms with E-state index in [1.165, 1.54) is 22.3 Å². The Hall–Kier alpha value is -1.06. The van der Waals surface area contributed by atoms with Gasteiger partial charge in [-0.15, -0.1) is 0 Å². The molecule has 108 valence electrons. The van der Waals surface area contributed by atoms with E-state index in [1.54, 1.807) is 7.11 Å². The van der Waals surface area contributed by atoms with Gasteiger partial charge in [-0.25, -0.2) is 0 Å². The summed E-state index contributed by atoms with van der Waals surface area (Å²) in [5, 5.41) is 3.18. The molecule has 1 aromatic rings. The molecule has 0 unspecified atom stereocenters. The zero-order valence-electron chi connectivity index (χ0n) is 13.3. The average Bonchev–Trinajstić information content (AvgIpc) is 2.38. The van der Waals surface area contributed by atoms with Gasteiger partial charge in [0.2, 0.25) is 0 Å². The smallest absolute Gasteiger partial charge is 0.125 e. The van der Waals surface area contributed by atoms with Crippen LogP contribution in [0.1, 0.15) is 22.3 Å². The molecule has 0 radical (unpaired) electrons. The maximum Gasteiger partial charge on any atom is 0.125 e. The number of hydrogen-bond acceptors (Lipinski definition) is 3. The van der Waals surface area contributed by atoms with Gasteiger partial charge in [0.25, 0.3) is 0 Å². The molecule has 0 aliphatic carbocycles. The molecule has 1 N–H and O–H groups in total. The van der Waals surface area contributed by atoms with Gasteiger partial charge in [-0.3, -0.25) is 0 Å². The Morgan fingerprint density at radius 2 is 1.84 bits per heavy atom. The molecule has 0 saturated heterocycles. The lowest BCUT2D eigenvalue weighted by Gasteiger charge is -2.20. The van der Waals surface area contributed by atoms with Crippen molar-refractivity contribution in [2.24, 2.45) is 0 Å². The molecule has 0 bridgehead atoms. The van der Waals surface area contributed by atoms with E-state index in [4.69, 9.17) is 4.74 Å². The van der Waals surface area contributed by atoms with E-state index >= 15 is 0 Å². The van der Waals surface area contributed by atoms with E-state index < -0.39 is 0 Å². The van der Waals surface area contributed by atoms with Gasteiger partial charge in [0.1, 0.15) is 5.75 Å². The number of methoxy groups -OCH3 is 1. The number of likely N-dealkylation sites (N-methyl/N-ethyl adjacent to an activating group) is 2. The highest BCUT2D eigenvalue weighted by atomic mass is 16.5. The van der Waals surface area contributed by atoms with Crippen LogP contribution in [0.2, 0.25) is 0 Å². The molecular weight excluding hydrogens is 236 g/mol. The second-order valence-corrected chi connectivity index (χ2v) is 5.30. The zero-order valence-corrected chi connectivity index (χ0v) is 13.3. The molecule has 19 heavy (non-hydrogen) atoms. The van der Waals surface area contributed by atoms with Crippen LogP contribution in [0.5, 0.6) is 5.75 Å². The first-order valence-electron chi connectivity index (χ1n) is 6.98. The monoisotopic (exact) mass is 264 g/mol. The fourth-order valence-electron chi connectivity index (χ4n) is 2.41. The van der Waals surface area contributed by atoms with Gasteiger partial charge in [0, 0.05) is 19.6 Å². The van der Waals surface area contributed by atoms with E-state index in [0.29, 0.717) is 0 Å². The van der Waals surface area contributed by atoms with Crippen molar-refractivity contribution in [3.8, 4) is 5.75 Å². The van der Waals surface area contributed by atoms with Gasteiger partial charge < -0.3 is 15.0 Å². The highest BCUT2D eigenvalue weighted by Crippen LogP contribution is 2.29. The van der Waals surface area contributed by atoms with Crippen LogP contribution >= 0.6 is 0 Å². The van der Waals surface area contributed by atoms with E-state index in [-0.39, 0.29) is 0 Å². The number of ether oxygens (including phenoxy) is 1. The number of aryl methyl sites for hydroxylation is 2. The van der Waals surface area contributed by atoms with Crippen LogP contribution in [0.4, 0.5) is 0 Å². The van der Waals surface area contributed by atoms with Crippen molar-refractivity contribution < 1.29 is 4.74 Å². The normalized spacial score (nSPS) is 11.1. The predicted molar refractivity (Wildman–Crippen MR) is 82.3 cm³/mol.